The van der Waals surface area contributed by atoms with Gasteiger partial charge in [-0.25, -0.2) is 4.98 Å². The molecular formula is C15H23N5O. The molecule has 0 radical (unpaired) electrons. The van der Waals surface area contributed by atoms with Gasteiger partial charge in [-0.05, 0) is 39.7 Å². The number of nitrogens with zero attached hydrogens (tertiary/aromatic N) is 4. The maximum absolute atomic E-state index is 12.1. The van der Waals surface area contributed by atoms with Crippen molar-refractivity contribution in [3.8, 4) is 0 Å². The molecule has 0 atom stereocenters. The van der Waals surface area contributed by atoms with Gasteiger partial charge in [0.2, 0.25) is 0 Å². The van der Waals surface area contributed by atoms with Gasteiger partial charge in [0.1, 0.15) is 5.69 Å². The summed E-state index contributed by atoms with van der Waals surface area (Å²) >= 11 is 0. The van der Waals surface area contributed by atoms with Crippen LogP contribution in [-0.4, -0.2) is 31.8 Å². The summed E-state index contributed by atoms with van der Waals surface area (Å²) in [5.74, 6) is -0.0722. The normalized spacial score (nSPS) is 10.9. The highest BCUT2D eigenvalue weighted by Crippen LogP contribution is 2.11. The maximum atomic E-state index is 12.1. The zero-order valence-corrected chi connectivity index (χ0v) is 13.4. The Morgan fingerprint density at radius 2 is 1.95 bits per heavy atom. The van der Waals surface area contributed by atoms with Gasteiger partial charge in [-0.2, -0.15) is 5.10 Å². The summed E-state index contributed by atoms with van der Waals surface area (Å²) in [5, 5.41) is 7.43. The molecule has 0 aliphatic carbocycles. The summed E-state index contributed by atoms with van der Waals surface area (Å²) in [6.45, 7) is 9.46. The topological polar surface area (TPSA) is 64.7 Å². The summed E-state index contributed by atoms with van der Waals surface area (Å²) in [4.78, 5) is 16.2. The van der Waals surface area contributed by atoms with Crippen LogP contribution < -0.4 is 5.32 Å². The molecule has 0 saturated carbocycles. The third-order valence-corrected chi connectivity index (χ3v) is 3.91. The van der Waals surface area contributed by atoms with Crippen LogP contribution in [0.4, 0.5) is 0 Å². The van der Waals surface area contributed by atoms with E-state index in [1.54, 1.807) is 10.9 Å². The average Bonchev–Trinajstić information content (AvgIpc) is 2.90. The highest BCUT2D eigenvalue weighted by molar-refractivity contribution is 5.93. The van der Waals surface area contributed by atoms with Crippen LogP contribution in [0, 0.1) is 27.7 Å². The fourth-order valence-corrected chi connectivity index (χ4v) is 2.39. The summed E-state index contributed by atoms with van der Waals surface area (Å²) in [6, 6.07) is 0. The highest BCUT2D eigenvalue weighted by Gasteiger charge is 2.13. The first-order valence-electron chi connectivity index (χ1n) is 7.18. The Bertz CT molecular complexity index is 634. The molecule has 1 amide bonds. The molecule has 6 nitrogen and oxygen atoms in total. The van der Waals surface area contributed by atoms with Gasteiger partial charge in [-0.15, -0.1) is 0 Å². The summed E-state index contributed by atoms with van der Waals surface area (Å²) in [7, 11) is 1.83. The number of carbonyl (C=O) groups is 1. The quantitative estimate of drug-likeness (QED) is 0.852. The second-order valence-electron chi connectivity index (χ2n) is 5.42. The van der Waals surface area contributed by atoms with E-state index in [2.05, 4.69) is 29.2 Å². The lowest BCUT2D eigenvalue weighted by molar-refractivity contribution is 0.0943. The second kappa shape index (κ2) is 6.11. The smallest absolute Gasteiger partial charge is 0.269 e. The van der Waals surface area contributed by atoms with Crippen LogP contribution in [0.2, 0.25) is 0 Å². The van der Waals surface area contributed by atoms with Crippen molar-refractivity contribution in [1.29, 1.82) is 0 Å². The zero-order valence-electron chi connectivity index (χ0n) is 13.4. The summed E-state index contributed by atoms with van der Waals surface area (Å²) in [6.07, 6.45) is 2.51. The Balaban J connectivity index is 1.85. The zero-order chi connectivity index (χ0) is 15.6. The van der Waals surface area contributed by atoms with Crippen molar-refractivity contribution in [2.75, 3.05) is 6.54 Å². The molecule has 114 valence electrons. The maximum Gasteiger partial charge on any atom is 0.269 e. The molecular weight excluding hydrogens is 266 g/mol. The highest BCUT2D eigenvalue weighted by atomic mass is 16.1. The van der Waals surface area contributed by atoms with E-state index in [9.17, 15) is 4.79 Å². The fraction of sp³-hybridized carbons (Fsp3) is 0.533. The van der Waals surface area contributed by atoms with Crippen LogP contribution in [0.1, 0.15) is 39.6 Å². The SMILES string of the molecule is Cc1nn(CCCNC(=O)c2c(C)ncn2C)c(C)c1C. The number of aromatic nitrogens is 4. The van der Waals surface area contributed by atoms with E-state index in [0.717, 1.165) is 24.4 Å². The monoisotopic (exact) mass is 289 g/mol. The molecule has 6 heteroatoms. The molecule has 0 unspecified atom stereocenters. The number of rotatable bonds is 5. The van der Waals surface area contributed by atoms with Crippen LogP contribution in [0.3, 0.4) is 0 Å². The van der Waals surface area contributed by atoms with E-state index >= 15 is 0 Å². The van der Waals surface area contributed by atoms with E-state index in [1.165, 1.54) is 11.3 Å². The number of hydrogen-bond acceptors (Lipinski definition) is 3. The van der Waals surface area contributed by atoms with Crippen molar-refractivity contribution in [2.24, 2.45) is 7.05 Å². The van der Waals surface area contributed by atoms with Crippen molar-refractivity contribution in [3.63, 3.8) is 0 Å². The molecule has 2 heterocycles. The number of carbonyl (C=O) groups excluding carboxylic acids is 1. The Morgan fingerprint density at radius 3 is 2.48 bits per heavy atom. The van der Waals surface area contributed by atoms with E-state index < -0.39 is 0 Å². The Kier molecular flexibility index (Phi) is 4.45. The summed E-state index contributed by atoms with van der Waals surface area (Å²) in [5.41, 5.74) is 4.88. The molecule has 0 aliphatic heterocycles. The van der Waals surface area contributed by atoms with Gasteiger partial charge in [0.15, 0.2) is 0 Å². The average molecular weight is 289 g/mol. The van der Waals surface area contributed by atoms with E-state index in [1.807, 2.05) is 25.6 Å². The van der Waals surface area contributed by atoms with Crippen LogP contribution in [0.15, 0.2) is 6.33 Å². The molecule has 0 fully saturated rings. The number of aryl methyl sites for hydroxylation is 4. The lowest BCUT2D eigenvalue weighted by Gasteiger charge is -2.08. The van der Waals surface area contributed by atoms with Gasteiger partial charge >= 0.3 is 0 Å². The Labute approximate surface area is 125 Å². The molecule has 1 N–H and O–H groups in total. The minimum absolute atomic E-state index is 0.0722. The molecule has 21 heavy (non-hydrogen) atoms. The first-order valence-corrected chi connectivity index (χ1v) is 7.18. The van der Waals surface area contributed by atoms with Gasteiger partial charge in [0, 0.05) is 25.8 Å². The third-order valence-electron chi connectivity index (χ3n) is 3.91. The molecule has 2 aromatic heterocycles. The van der Waals surface area contributed by atoms with E-state index in [4.69, 9.17) is 0 Å². The van der Waals surface area contributed by atoms with Crippen molar-refractivity contribution in [3.05, 3.63) is 34.7 Å². The Morgan fingerprint density at radius 1 is 1.24 bits per heavy atom. The minimum Gasteiger partial charge on any atom is -0.351 e. The predicted molar refractivity (Wildman–Crippen MR) is 81.3 cm³/mol. The first-order chi connectivity index (χ1) is 9.91. The van der Waals surface area contributed by atoms with Gasteiger partial charge in [-0.3, -0.25) is 9.48 Å². The van der Waals surface area contributed by atoms with Crippen LogP contribution in [-0.2, 0) is 13.6 Å². The van der Waals surface area contributed by atoms with Gasteiger partial charge in [0.25, 0.3) is 5.91 Å². The van der Waals surface area contributed by atoms with Crippen molar-refractivity contribution >= 4 is 5.91 Å². The standard InChI is InChI=1S/C15H23N5O/c1-10-11(2)18-20(13(10)4)8-6-7-16-15(21)14-12(3)17-9-19(14)5/h9H,6-8H2,1-5H3,(H,16,21). The molecule has 0 saturated heterocycles. The van der Waals surface area contributed by atoms with Crippen LogP contribution >= 0.6 is 0 Å². The molecule has 2 rings (SSSR count). The number of imidazole rings is 1. The van der Waals surface area contributed by atoms with Gasteiger partial charge in [-0.1, -0.05) is 0 Å². The lowest BCUT2D eigenvalue weighted by Crippen LogP contribution is -2.27. The van der Waals surface area contributed by atoms with Crippen molar-refractivity contribution in [2.45, 2.75) is 40.7 Å². The van der Waals surface area contributed by atoms with Gasteiger partial charge < -0.3 is 9.88 Å². The number of nitrogens with one attached hydrogen (secondary N) is 1. The molecule has 0 spiro atoms. The lowest BCUT2D eigenvalue weighted by atomic mass is 10.2. The Hall–Kier alpha value is -2.11. The fourth-order valence-electron chi connectivity index (χ4n) is 2.39. The largest absolute Gasteiger partial charge is 0.351 e. The number of hydrogen-bond donors (Lipinski definition) is 1. The molecule has 0 aromatic carbocycles. The van der Waals surface area contributed by atoms with E-state index in [-0.39, 0.29) is 5.91 Å². The third kappa shape index (κ3) is 3.15. The van der Waals surface area contributed by atoms with Crippen LogP contribution in [0.25, 0.3) is 0 Å². The number of amides is 1. The second-order valence-corrected chi connectivity index (χ2v) is 5.42. The molecule has 2 aromatic rings. The van der Waals surface area contributed by atoms with Crippen LogP contribution in [0.5, 0.6) is 0 Å². The molecule has 0 aliphatic rings. The van der Waals surface area contributed by atoms with E-state index in [0.29, 0.717) is 12.2 Å². The minimum atomic E-state index is -0.0722. The van der Waals surface area contributed by atoms with Crippen molar-refractivity contribution < 1.29 is 4.79 Å². The predicted octanol–water partition coefficient (Wildman–Crippen LogP) is 1.67. The molecule has 0 bridgehead atoms. The van der Waals surface area contributed by atoms with Crippen molar-refractivity contribution in [1.82, 2.24) is 24.6 Å². The summed E-state index contributed by atoms with van der Waals surface area (Å²) < 4.78 is 3.75. The first kappa shape index (κ1) is 15.3. The van der Waals surface area contributed by atoms with Gasteiger partial charge in [0.05, 0.1) is 17.7 Å².